The van der Waals surface area contributed by atoms with E-state index in [-0.39, 0.29) is 0 Å². The molecular formula is C17H22N2OS. The van der Waals surface area contributed by atoms with Gasteiger partial charge in [-0.15, -0.1) is 18.2 Å². The molecule has 3 nitrogen and oxygen atoms in total. The summed E-state index contributed by atoms with van der Waals surface area (Å²) in [5.41, 5.74) is 3.15. The number of nitrogens with zero attached hydrogens (tertiary/aromatic N) is 2. The molecule has 21 heavy (non-hydrogen) atoms. The molecule has 0 aliphatic heterocycles. The number of aromatic nitrogens is 2. The molecule has 4 heteroatoms. The van der Waals surface area contributed by atoms with Gasteiger partial charge in [-0.1, -0.05) is 25.7 Å². The molecule has 2 aromatic rings. The van der Waals surface area contributed by atoms with Crippen LogP contribution in [0.2, 0.25) is 0 Å². The van der Waals surface area contributed by atoms with Gasteiger partial charge in [-0.05, 0) is 25.5 Å². The molecule has 2 aromatic heterocycles. The standard InChI is InChI=1S/C17H22N2OS/c1-4-6-7-11-20-16-9-8-10-19-15(13-21-12-5-2)14(3)18-17(16)19/h2,8-10H,4,6-7,11-13H2,1,3H3. The zero-order valence-electron chi connectivity index (χ0n) is 12.8. The molecule has 0 radical (unpaired) electrons. The summed E-state index contributed by atoms with van der Waals surface area (Å²) in [5.74, 6) is 5.12. The van der Waals surface area contributed by atoms with Crippen molar-refractivity contribution in [3.8, 4) is 18.1 Å². The Hall–Kier alpha value is -1.60. The van der Waals surface area contributed by atoms with Crippen molar-refractivity contribution < 1.29 is 4.74 Å². The van der Waals surface area contributed by atoms with E-state index in [4.69, 9.17) is 11.2 Å². The number of terminal acetylenes is 1. The maximum atomic E-state index is 5.89. The van der Waals surface area contributed by atoms with Crippen molar-refractivity contribution in [2.24, 2.45) is 0 Å². The highest BCUT2D eigenvalue weighted by Gasteiger charge is 2.12. The molecule has 0 saturated carbocycles. The van der Waals surface area contributed by atoms with Crippen LogP contribution in [0.25, 0.3) is 5.65 Å². The van der Waals surface area contributed by atoms with Gasteiger partial charge in [-0.25, -0.2) is 4.98 Å². The molecule has 0 amide bonds. The lowest BCUT2D eigenvalue weighted by atomic mass is 10.3. The molecule has 2 heterocycles. The summed E-state index contributed by atoms with van der Waals surface area (Å²) in [4.78, 5) is 4.66. The molecule has 0 spiro atoms. The van der Waals surface area contributed by atoms with Gasteiger partial charge in [0.05, 0.1) is 23.7 Å². The summed E-state index contributed by atoms with van der Waals surface area (Å²) >= 11 is 1.73. The van der Waals surface area contributed by atoms with Gasteiger partial charge in [0.25, 0.3) is 0 Å². The number of pyridine rings is 1. The molecule has 112 valence electrons. The van der Waals surface area contributed by atoms with E-state index in [1.54, 1.807) is 11.8 Å². The summed E-state index contributed by atoms with van der Waals surface area (Å²) in [7, 11) is 0. The molecule has 0 bridgehead atoms. The van der Waals surface area contributed by atoms with E-state index in [0.29, 0.717) is 0 Å². The number of fused-ring (bicyclic) bond motifs is 1. The predicted molar refractivity (Wildman–Crippen MR) is 89.9 cm³/mol. The number of hydrogen-bond acceptors (Lipinski definition) is 3. The molecule has 2 rings (SSSR count). The highest BCUT2D eigenvalue weighted by atomic mass is 32.2. The first-order valence-electron chi connectivity index (χ1n) is 7.38. The van der Waals surface area contributed by atoms with Crippen LogP contribution in [-0.2, 0) is 5.75 Å². The molecule has 0 saturated heterocycles. The third-order valence-electron chi connectivity index (χ3n) is 3.34. The minimum Gasteiger partial charge on any atom is -0.490 e. The number of hydrogen-bond donors (Lipinski definition) is 0. The van der Waals surface area contributed by atoms with Crippen LogP contribution >= 0.6 is 11.8 Å². The van der Waals surface area contributed by atoms with Crippen molar-refractivity contribution in [1.29, 1.82) is 0 Å². The maximum absolute atomic E-state index is 5.89. The number of thioether (sulfide) groups is 1. The first kappa shape index (κ1) is 15.8. The molecule has 0 fully saturated rings. The number of unbranched alkanes of at least 4 members (excludes halogenated alkanes) is 2. The fourth-order valence-electron chi connectivity index (χ4n) is 2.23. The molecular weight excluding hydrogens is 280 g/mol. The predicted octanol–water partition coefficient (Wildman–Crippen LogP) is 4.08. The average Bonchev–Trinajstić information content (AvgIpc) is 2.81. The van der Waals surface area contributed by atoms with Crippen molar-refractivity contribution in [3.63, 3.8) is 0 Å². The van der Waals surface area contributed by atoms with Gasteiger partial charge in [-0.3, -0.25) is 4.40 Å². The molecule has 0 atom stereocenters. The molecule has 0 aliphatic carbocycles. The zero-order valence-corrected chi connectivity index (χ0v) is 13.6. The largest absolute Gasteiger partial charge is 0.490 e. The second kappa shape index (κ2) is 7.99. The lowest BCUT2D eigenvalue weighted by molar-refractivity contribution is 0.308. The van der Waals surface area contributed by atoms with E-state index in [0.717, 1.165) is 41.6 Å². The molecule has 0 aliphatic rings. The van der Waals surface area contributed by atoms with Gasteiger partial charge in [0.1, 0.15) is 0 Å². The van der Waals surface area contributed by atoms with Gasteiger partial charge in [0, 0.05) is 11.9 Å². The van der Waals surface area contributed by atoms with Crippen LogP contribution in [0.1, 0.15) is 37.6 Å². The number of ether oxygens (including phenoxy) is 1. The second-order valence-electron chi connectivity index (χ2n) is 4.96. The van der Waals surface area contributed by atoms with E-state index in [1.165, 1.54) is 18.5 Å². The van der Waals surface area contributed by atoms with Crippen LogP contribution in [0, 0.1) is 19.3 Å². The Morgan fingerprint density at radius 3 is 3.05 bits per heavy atom. The van der Waals surface area contributed by atoms with E-state index < -0.39 is 0 Å². The first-order valence-corrected chi connectivity index (χ1v) is 8.54. The minimum atomic E-state index is 0.722. The van der Waals surface area contributed by atoms with Crippen LogP contribution in [0.5, 0.6) is 5.75 Å². The summed E-state index contributed by atoms with van der Waals surface area (Å²) in [6.07, 6.45) is 10.8. The summed E-state index contributed by atoms with van der Waals surface area (Å²) in [5, 5.41) is 0. The summed E-state index contributed by atoms with van der Waals surface area (Å²) in [6, 6.07) is 4.00. The van der Waals surface area contributed by atoms with E-state index in [1.807, 2.05) is 25.3 Å². The fraction of sp³-hybridized carbons (Fsp3) is 0.471. The van der Waals surface area contributed by atoms with Crippen LogP contribution in [-0.4, -0.2) is 21.7 Å². The van der Waals surface area contributed by atoms with Crippen LogP contribution in [0.15, 0.2) is 18.3 Å². The van der Waals surface area contributed by atoms with E-state index in [9.17, 15) is 0 Å². The van der Waals surface area contributed by atoms with Gasteiger partial charge in [-0.2, -0.15) is 0 Å². The average molecular weight is 302 g/mol. The summed E-state index contributed by atoms with van der Waals surface area (Å²) < 4.78 is 8.01. The number of aryl methyl sites for hydroxylation is 1. The third kappa shape index (κ3) is 3.95. The minimum absolute atomic E-state index is 0.722. The van der Waals surface area contributed by atoms with E-state index >= 15 is 0 Å². The third-order valence-corrected chi connectivity index (χ3v) is 4.19. The molecule has 0 aromatic carbocycles. The van der Waals surface area contributed by atoms with Gasteiger partial charge in [0.2, 0.25) is 0 Å². The van der Waals surface area contributed by atoms with Crippen molar-refractivity contribution in [1.82, 2.24) is 9.38 Å². The van der Waals surface area contributed by atoms with Crippen molar-refractivity contribution in [2.45, 2.75) is 38.9 Å². The SMILES string of the molecule is C#CCSCc1c(C)nc2c(OCCCCC)cccn12. The van der Waals surface area contributed by atoms with Crippen molar-refractivity contribution in [3.05, 3.63) is 29.7 Å². The monoisotopic (exact) mass is 302 g/mol. The Morgan fingerprint density at radius 2 is 2.29 bits per heavy atom. The van der Waals surface area contributed by atoms with E-state index in [2.05, 4.69) is 22.2 Å². The topological polar surface area (TPSA) is 26.5 Å². The number of rotatable bonds is 8. The highest BCUT2D eigenvalue weighted by molar-refractivity contribution is 7.98. The maximum Gasteiger partial charge on any atom is 0.180 e. The van der Waals surface area contributed by atoms with Gasteiger partial charge >= 0.3 is 0 Å². The first-order chi connectivity index (χ1) is 10.3. The highest BCUT2D eigenvalue weighted by Crippen LogP contribution is 2.24. The Morgan fingerprint density at radius 1 is 1.43 bits per heavy atom. The number of imidazole rings is 1. The Bertz CT molecular complexity index is 627. The van der Waals surface area contributed by atoms with Gasteiger partial charge in [0.15, 0.2) is 11.4 Å². The summed E-state index contributed by atoms with van der Waals surface area (Å²) in [6.45, 7) is 4.99. The normalized spacial score (nSPS) is 10.7. The fourth-order valence-corrected chi connectivity index (χ4v) is 2.99. The lowest BCUT2D eigenvalue weighted by Crippen LogP contribution is -2.00. The Kier molecular flexibility index (Phi) is 6.01. The second-order valence-corrected chi connectivity index (χ2v) is 5.95. The van der Waals surface area contributed by atoms with Crippen molar-refractivity contribution >= 4 is 17.4 Å². The Labute approximate surface area is 131 Å². The van der Waals surface area contributed by atoms with Gasteiger partial charge < -0.3 is 4.74 Å². The van der Waals surface area contributed by atoms with Crippen LogP contribution in [0.4, 0.5) is 0 Å². The molecule has 0 N–H and O–H groups in total. The van der Waals surface area contributed by atoms with Crippen LogP contribution in [0.3, 0.4) is 0 Å². The van der Waals surface area contributed by atoms with Crippen LogP contribution < -0.4 is 4.74 Å². The zero-order chi connectivity index (χ0) is 15.1. The Balaban J connectivity index is 2.17. The van der Waals surface area contributed by atoms with Crippen molar-refractivity contribution in [2.75, 3.05) is 12.4 Å². The lowest BCUT2D eigenvalue weighted by Gasteiger charge is -2.07. The molecule has 0 unspecified atom stereocenters. The smallest absolute Gasteiger partial charge is 0.180 e. The quantitative estimate of drug-likeness (QED) is 0.543.